The van der Waals surface area contributed by atoms with Gasteiger partial charge in [-0.05, 0) is 63.2 Å². The number of nitrogens with zero attached hydrogens (tertiary/aromatic N) is 1. The molecule has 2 heterocycles. The van der Waals surface area contributed by atoms with E-state index in [9.17, 15) is 13.2 Å². The maximum Gasteiger partial charge on any atom is 0.363 e. The number of rotatable bonds is 4. The van der Waals surface area contributed by atoms with Crippen molar-refractivity contribution in [3.63, 3.8) is 0 Å². The molecule has 0 saturated heterocycles. The molecule has 1 aliphatic rings. The summed E-state index contributed by atoms with van der Waals surface area (Å²) in [7, 11) is -3.63. The van der Waals surface area contributed by atoms with Crippen LogP contribution in [0.25, 0.3) is 6.08 Å². The number of aromatic amines is 1. The molecule has 26 heavy (non-hydrogen) atoms. The van der Waals surface area contributed by atoms with Crippen LogP contribution >= 0.6 is 0 Å². The summed E-state index contributed by atoms with van der Waals surface area (Å²) in [6.07, 6.45) is 3.32. The molecule has 2 aromatic rings. The van der Waals surface area contributed by atoms with E-state index in [0.29, 0.717) is 5.56 Å². The fourth-order valence-corrected chi connectivity index (χ4v) is 3.77. The number of aliphatic imine (C=N–C) groups is 1. The normalized spacial score (nSPS) is 16.7. The number of carbonyl (C=O) groups excluding carboxylic acids is 1. The number of H-pyrrole nitrogens is 1. The monoisotopic (exact) mass is 373 g/mol. The predicted octanol–water partition coefficient (Wildman–Crippen LogP) is 2.44. The third-order valence-corrected chi connectivity index (χ3v) is 5.16. The Balaban J connectivity index is 1.84. The number of hydrogen-bond donors (Lipinski definition) is 2. The van der Waals surface area contributed by atoms with E-state index in [1.54, 1.807) is 51.2 Å². The van der Waals surface area contributed by atoms with Crippen LogP contribution in [0.3, 0.4) is 0 Å². The molecule has 1 aromatic heterocycles. The van der Waals surface area contributed by atoms with Gasteiger partial charge in [-0.2, -0.15) is 0 Å². The second kappa shape index (κ2) is 6.54. The van der Waals surface area contributed by atoms with Crippen LogP contribution in [0.1, 0.15) is 32.0 Å². The third-order valence-electron chi connectivity index (χ3n) is 3.39. The minimum Gasteiger partial charge on any atom is -0.402 e. The zero-order valence-electron chi connectivity index (χ0n) is 14.6. The molecule has 1 aromatic carbocycles. The van der Waals surface area contributed by atoms with E-state index in [1.807, 2.05) is 6.07 Å². The Morgan fingerprint density at radius 3 is 2.42 bits per heavy atom. The standard InChI is InChI=1S/C18H19N3O4S/c1-18(2,3)21-26(23,24)14-8-6-12(7-9-14)16-20-15(17(22)25-16)11-13-5-4-10-19-13/h4-11,19,21H,1-3H3/b15-11-. The summed E-state index contributed by atoms with van der Waals surface area (Å²) in [6.45, 7) is 5.30. The summed E-state index contributed by atoms with van der Waals surface area (Å²) in [4.78, 5) is 19.2. The van der Waals surface area contributed by atoms with Gasteiger partial charge in [0.15, 0.2) is 5.70 Å². The molecule has 1 aliphatic heterocycles. The Kier molecular flexibility index (Phi) is 4.55. The summed E-state index contributed by atoms with van der Waals surface area (Å²) in [5.74, 6) is -0.416. The number of sulfonamides is 1. The number of esters is 1. The largest absolute Gasteiger partial charge is 0.402 e. The zero-order valence-corrected chi connectivity index (χ0v) is 15.4. The van der Waals surface area contributed by atoms with E-state index in [1.165, 1.54) is 12.1 Å². The van der Waals surface area contributed by atoms with Gasteiger partial charge in [-0.3, -0.25) is 0 Å². The average Bonchev–Trinajstić information content (AvgIpc) is 3.16. The minimum absolute atomic E-state index is 0.128. The fraction of sp³-hybridized carbons (Fsp3) is 0.222. The number of cyclic esters (lactones) is 1. The summed E-state index contributed by atoms with van der Waals surface area (Å²) in [5.41, 5.74) is 0.841. The van der Waals surface area contributed by atoms with Crippen molar-refractivity contribution >= 4 is 28.0 Å². The maximum absolute atomic E-state index is 12.3. The molecule has 0 aliphatic carbocycles. The Morgan fingerprint density at radius 1 is 1.15 bits per heavy atom. The van der Waals surface area contributed by atoms with Crippen LogP contribution in [-0.4, -0.2) is 30.8 Å². The van der Waals surface area contributed by atoms with Crippen LogP contribution in [0.15, 0.2) is 58.2 Å². The number of benzene rings is 1. The van der Waals surface area contributed by atoms with Crippen molar-refractivity contribution in [3.05, 3.63) is 59.5 Å². The number of hydrogen-bond acceptors (Lipinski definition) is 5. The molecule has 136 valence electrons. The third kappa shape index (κ3) is 4.09. The highest BCUT2D eigenvalue weighted by molar-refractivity contribution is 7.89. The van der Waals surface area contributed by atoms with Crippen molar-refractivity contribution in [1.29, 1.82) is 0 Å². The van der Waals surface area contributed by atoms with Crippen molar-refractivity contribution in [2.24, 2.45) is 4.99 Å². The lowest BCUT2D eigenvalue weighted by Crippen LogP contribution is -2.40. The van der Waals surface area contributed by atoms with E-state index >= 15 is 0 Å². The topological polar surface area (TPSA) is 101 Å². The van der Waals surface area contributed by atoms with E-state index in [0.717, 1.165) is 5.69 Å². The summed E-state index contributed by atoms with van der Waals surface area (Å²) in [6, 6.07) is 9.62. The molecule has 2 N–H and O–H groups in total. The van der Waals surface area contributed by atoms with Gasteiger partial charge in [-0.1, -0.05) is 0 Å². The van der Waals surface area contributed by atoms with E-state index in [4.69, 9.17) is 4.74 Å². The van der Waals surface area contributed by atoms with Gasteiger partial charge >= 0.3 is 5.97 Å². The molecule has 7 nitrogen and oxygen atoms in total. The number of ether oxygens (including phenoxy) is 1. The zero-order chi connectivity index (χ0) is 18.9. The molecule has 3 rings (SSSR count). The molecule has 0 saturated carbocycles. The molecule has 0 unspecified atom stereocenters. The highest BCUT2D eigenvalue weighted by atomic mass is 32.2. The van der Waals surface area contributed by atoms with E-state index in [2.05, 4.69) is 14.7 Å². The Bertz CT molecular complexity index is 980. The lowest BCUT2D eigenvalue weighted by Gasteiger charge is -2.20. The van der Waals surface area contributed by atoms with Gasteiger partial charge in [-0.15, -0.1) is 0 Å². The van der Waals surface area contributed by atoms with Gasteiger partial charge in [0.1, 0.15) is 0 Å². The highest BCUT2D eigenvalue weighted by Crippen LogP contribution is 2.20. The lowest BCUT2D eigenvalue weighted by atomic mass is 10.1. The van der Waals surface area contributed by atoms with Gasteiger partial charge in [-0.25, -0.2) is 22.9 Å². The first kappa shape index (κ1) is 18.1. The molecule has 0 spiro atoms. The number of nitrogens with one attached hydrogen (secondary N) is 2. The van der Waals surface area contributed by atoms with Crippen LogP contribution in [0.4, 0.5) is 0 Å². The quantitative estimate of drug-likeness (QED) is 0.635. The molecule has 0 bridgehead atoms. The fourth-order valence-electron chi connectivity index (χ4n) is 2.35. The molecule has 8 heteroatoms. The molecule has 0 amide bonds. The summed E-state index contributed by atoms with van der Waals surface area (Å²) in [5, 5.41) is 0. The van der Waals surface area contributed by atoms with Crippen LogP contribution in [0.5, 0.6) is 0 Å². The highest BCUT2D eigenvalue weighted by Gasteiger charge is 2.26. The number of aromatic nitrogens is 1. The van der Waals surface area contributed by atoms with Crippen molar-refractivity contribution in [2.75, 3.05) is 0 Å². The Hall–Kier alpha value is -2.71. The van der Waals surface area contributed by atoms with E-state index in [-0.39, 0.29) is 16.5 Å². The molecular weight excluding hydrogens is 354 g/mol. The lowest BCUT2D eigenvalue weighted by molar-refractivity contribution is -0.129. The SMILES string of the molecule is CC(C)(C)NS(=O)(=O)c1ccc(C2=N/C(=C\c3ccc[nH]3)C(=O)O2)cc1. The van der Waals surface area contributed by atoms with E-state index < -0.39 is 21.5 Å². The smallest absolute Gasteiger partial charge is 0.363 e. The van der Waals surface area contributed by atoms with Gasteiger partial charge in [0.05, 0.1) is 4.90 Å². The predicted molar refractivity (Wildman–Crippen MR) is 97.9 cm³/mol. The van der Waals surface area contributed by atoms with Crippen molar-refractivity contribution < 1.29 is 17.9 Å². The second-order valence-corrected chi connectivity index (χ2v) is 8.52. The van der Waals surface area contributed by atoms with Gasteiger partial charge in [0.2, 0.25) is 15.9 Å². The van der Waals surface area contributed by atoms with Crippen molar-refractivity contribution in [1.82, 2.24) is 9.71 Å². The summed E-state index contributed by atoms with van der Waals surface area (Å²) >= 11 is 0. The molecular formula is C18H19N3O4S. The van der Waals surface area contributed by atoms with Gasteiger partial charge < -0.3 is 9.72 Å². The first-order chi connectivity index (χ1) is 12.1. The average molecular weight is 373 g/mol. The van der Waals surface area contributed by atoms with Crippen molar-refractivity contribution in [3.8, 4) is 0 Å². The molecule has 0 radical (unpaired) electrons. The van der Waals surface area contributed by atoms with Gasteiger partial charge in [0, 0.05) is 23.0 Å². The van der Waals surface area contributed by atoms with Crippen LogP contribution in [-0.2, 0) is 19.6 Å². The van der Waals surface area contributed by atoms with Crippen LogP contribution < -0.4 is 4.72 Å². The van der Waals surface area contributed by atoms with Crippen LogP contribution in [0.2, 0.25) is 0 Å². The second-order valence-electron chi connectivity index (χ2n) is 6.84. The van der Waals surface area contributed by atoms with Crippen LogP contribution in [0, 0.1) is 0 Å². The number of carbonyl (C=O) groups is 1. The first-order valence-corrected chi connectivity index (χ1v) is 9.43. The Labute approximate surface area is 151 Å². The first-order valence-electron chi connectivity index (χ1n) is 7.94. The van der Waals surface area contributed by atoms with Crippen molar-refractivity contribution in [2.45, 2.75) is 31.2 Å². The van der Waals surface area contributed by atoms with Gasteiger partial charge in [0.25, 0.3) is 0 Å². The molecule has 0 atom stereocenters. The molecule has 0 fully saturated rings. The Morgan fingerprint density at radius 2 is 1.85 bits per heavy atom. The maximum atomic E-state index is 12.3. The summed E-state index contributed by atoms with van der Waals surface area (Å²) < 4.78 is 32.4. The minimum atomic E-state index is -3.63.